The molecule has 1 rings (SSSR count). The lowest BCUT2D eigenvalue weighted by molar-refractivity contribution is -0.139. The first-order valence-electron chi connectivity index (χ1n) is 7.21. The zero-order chi connectivity index (χ0) is 13.4. The smallest absolute Gasteiger partial charge is 0.334 e. The zero-order valence-corrected chi connectivity index (χ0v) is 11.5. The zero-order valence-electron chi connectivity index (χ0n) is 11.5. The van der Waals surface area contributed by atoms with E-state index in [-0.39, 0.29) is 24.6 Å². The highest BCUT2D eigenvalue weighted by atomic mass is 16.6. The normalized spacial score (nSPS) is 23.4. The van der Waals surface area contributed by atoms with Crippen molar-refractivity contribution in [1.29, 1.82) is 0 Å². The van der Waals surface area contributed by atoms with Gasteiger partial charge in [0.2, 0.25) is 0 Å². The number of carbonyl (C=O) groups is 1. The number of esters is 1. The maximum absolute atomic E-state index is 11.4. The van der Waals surface area contributed by atoms with Crippen molar-refractivity contribution >= 4 is 5.97 Å². The Kier molecular flexibility index (Phi) is 7.02. The number of aliphatic hydroxyl groups is 1. The Morgan fingerprint density at radius 3 is 2.50 bits per heavy atom. The quantitative estimate of drug-likeness (QED) is 0.390. The van der Waals surface area contributed by atoms with Crippen LogP contribution in [0.4, 0.5) is 0 Å². The van der Waals surface area contributed by atoms with Crippen LogP contribution in [-0.4, -0.2) is 23.8 Å². The SMILES string of the molecule is C=C1C(=O)OC(CCCCCCCC)C1CCO. The van der Waals surface area contributed by atoms with E-state index >= 15 is 0 Å². The van der Waals surface area contributed by atoms with Gasteiger partial charge in [0.1, 0.15) is 6.10 Å². The summed E-state index contributed by atoms with van der Waals surface area (Å²) >= 11 is 0. The Balaban J connectivity index is 2.23. The summed E-state index contributed by atoms with van der Waals surface area (Å²) in [5, 5.41) is 9.01. The second kappa shape index (κ2) is 8.30. The van der Waals surface area contributed by atoms with Gasteiger partial charge in [-0.25, -0.2) is 4.79 Å². The second-order valence-electron chi connectivity index (χ2n) is 5.14. The monoisotopic (exact) mass is 254 g/mol. The molecule has 0 aliphatic carbocycles. The van der Waals surface area contributed by atoms with Gasteiger partial charge in [0.25, 0.3) is 0 Å². The predicted octanol–water partition coefficient (Wildman–Crippen LogP) is 3.22. The van der Waals surface area contributed by atoms with Gasteiger partial charge in [-0.05, 0) is 19.3 Å². The number of hydrogen-bond acceptors (Lipinski definition) is 3. The van der Waals surface area contributed by atoms with Crippen LogP contribution in [0.25, 0.3) is 0 Å². The van der Waals surface area contributed by atoms with Crippen LogP contribution in [0, 0.1) is 5.92 Å². The maximum atomic E-state index is 11.4. The minimum Gasteiger partial charge on any atom is -0.458 e. The number of unbranched alkanes of at least 4 members (excludes halogenated alkanes) is 5. The Hall–Kier alpha value is -0.830. The molecule has 1 fully saturated rings. The molecule has 0 bridgehead atoms. The Morgan fingerprint density at radius 2 is 1.83 bits per heavy atom. The van der Waals surface area contributed by atoms with E-state index < -0.39 is 0 Å². The van der Waals surface area contributed by atoms with Gasteiger partial charge in [-0.15, -0.1) is 0 Å². The van der Waals surface area contributed by atoms with Crippen LogP contribution < -0.4 is 0 Å². The molecule has 1 aliphatic rings. The van der Waals surface area contributed by atoms with Crippen LogP contribution in [0.15, 0.2) is 12.2 Å². The molecule has 1 heterocycles. The van der Waals surface area contributed by atoms with E-state index in [0.717, 1.165) is 12.8 Å². The molecule has 1 saturated heterocycles. The first kappa shape index (κ1) is 15.2. The van der Waals surface area contributed by atoms with Crippen molar-refractivity contribution < 1.29 is 14.6 Å². The summed E-state index contributed by atoms with van der Waals surface area (Å²) in [7, 11) is 0. The Labute approximate surface area is 110 Å². The lowest BCUT2D eigenvalue weighted by Crippen LogP contribution is -2.17. The number of rotatable bonds is 9. The molecule has 0 aromatic rings. The standard InChI is InChI=1S/C15H26O3/c1-3-4-5-6-7-8-9-14-13(10-11-16)12(2)15(17)18-14/h13-14,16H,2-11H2,1H3. The van der Waals surface area contributed by atoms with Gasteiger partial charge >= 0.3 is 5.97 Å². The van der Waals surface area contributed by atoms with Crippen LogP contribution in [0.1, 0.15) is 58.3 Å². The van der Waals surface area contributed by atoms with E-state index in [1.165, 1.54) is 32.1 Å². The van der Waals surface area contributed by atoms with E-state index in [4.69, 9.17) is 9.84 Å². The number of cyclic esters (lactones) is 1. The average Bonchev–Trinajstić information content (AvgIpc) is 2.62. The van der Waals surface area contributed by atoms with E-state index in [0.29, 0.717) is 12.0 Å². The lowest BCUT2D eigenvalue weighted by Gasteiger charge is -2.16. The van der Waals surface area contributed by atoms with Gasteiger partial charge in [-0.2, -0.15) is 0 Å². The molecule has 1 aliphatic heterocycles. The van der Waals surface area contributed by atoms with E-state index in [2.05, 4.69) is 13.5 Å². The molecule has 0 saturated carbocycles. The molecule has 3 nitrogen and oxygen atoms in total. The van der Waals surface area contributed by atoms with Crippen molar-refractivity contribution in [2.75, 3.05) is 6.61 Å². The summed E-state index contributed by atoms with van der Waals surface area (Å²) in [6.07, 6.45) is 8.87. The number of carbonyl (C=O) groups excluding carboxylic acids is 1. The van der Waals surface area contributed by atoms with Crippen LogP contribution in [-0.2, 0) is 9.53 Å². The highest BCUT2D eigenvalue weighted by Crippen LogP contribution is 2.32. The average molecular weight is 254 g/mol. The molecule has 104 valence electrons. The number of ether oxygens (including phenoxy) is 1. The van der Waals surface area contributed by atoms with Crippen molar-refractivity contribution in [3.05, 3.63) is 12.2 Å². The van der Waals surface area contributed by atoms with Gasteiger partial charge in [0.05, 0.1) is 0 Å². The molecule has 0 amide bonds. The molecule has 0 radical (unpaired) electrons. The molecule has 2 unspecified atom stereocenters. The van der Waals surface area contributed by atoms with Gasteiger partial charge in [0.15, 0.2) is 0 Å². The lowest BCUT2D eigenvalue weighted by atomic mass is 9.91. The van der Waals surface area contributed by atoms with E-state index in [9.17, 15) is 4.79 Å². The fraction of sp³-hybridized carbons (Fsp3) is 0.800. The third-order valence-corrected chi connectivity index (χ3v) is 3.70. The van der Waals surface area contributed by atoms with Crippen molar-refractivity contribution in [1.82, 2.24) is 0 Å². The molecular formula is C15H26O3. The summed E-state index contributed by atoms with van der Waals surface area (Å²) in [4.78, 5) is 11.4. The highest BCUT2D eigenvalue weighted by Gasteiger charge is 2.37. The highest BCUT2D eigenvalue weighted by molar-refractivity contribution is 5.90. The molecule has 0 aromatic carbocycles. The topological polar surface area (TPSA) is 46.5 Å². The fourth-order valence-electron chi connectivity index (χ4n) is 2.56. The first-order valence-corrected chi connectivity index (χ1v) is 7.21. The number of hydrogen-bond donors (Lipinski definition) is 1. The molecule has 2 atom stereocenters. The summed E-state index contributed by atoms with van der Waals surface area (Å²) in [6.45, 7) is 6.07. The van der Waals surface area contributed by atoms with Crippen molar-refractivity contribution in [2.24, 2.45) is 5.92 Å². The molecule has 0 spiro atoms. The Bertz CT molecular complexity index is 273. The van der Waals surface area contributed by atoms with E-state index in [1.54, 1.807) is 0 Å². The third kappa shape index (κ3) is 4.45. The van der Waals surface area contributed by atoms with Crippen LogP contribution in [0.2, 0.25) is 0 Å². The fourth-order valence-corrected chi connectivity index (χ4v) is 2.56. The van der Waals surface area contributed by atoms with Gasteiger partial charge in [-0.1, -0.05) is 45.6 Å². The van der Waals surface area contributed by atoms with Crippen molar-refractivity contribution in [3.63, 3.8) is 0 Å². The minimum absolute atomic E-state index is 0.0261. The van der Waals surface area contributed by atoms with Crippen LogP contribution in [0.3, 0.4) is 0 Å². The third-order valence-electron chi connectivity index (χ3n) is 3.70. The Morgan fingerprint density at radius 1 is 1.17 bits per heavy atom. The molecule has 3 heteroatoms. The summed E-state index contributed by atoms with van der Waals surface area (Å²) in [6, 6.07) is 0. The summed E-state index contributed by atoms with van der Waals surface area (Å²) < 4.78 is 5.32. The molecule has 0 aromatic heterocycles. The second-order valence-corrected chi connectivity index (χ2v) is 5.14. The van der Waals surface area contributed by atoms with Gasteiger partial charge < -0.3 is 9.84 Å². The summed E-state index contributed by atoms with van der Waals surface area (Å²) in [5.74, 6) is -0.248. The van der Waals surface area contributed by atoms with Crippen molar-refractivity contribution in [2.45, 2.75) is 64.4 Å². The first-order chi connectivity index (χ1) is 8.70. The molecule has 18 heavy (non-hydrogen) atoms. The van der Waals surface area contributed by atoms with Gasteiger partial charge in [-0.3, -0.25) is 0 Å². The number of aliphatic hydroxyl groups excluding tert-OH is 1. The maximum Gasteiger partial charge on any atom is 0.334 e. The predicted molar refractivity (Wildman–Crippen MR) is 72.2 cm³/mol. The summed E-state index contributed by atoms with van der Waals surface area (Å²) in [5.41, 5.74) is 0.542. The van der Waals surface area contributed by atoms with Crippen molar-refractivity contribution in [3.8, 4) is 0 Å². The van der Waals surface area contributed by atoms with Crippen LogP contribution >= 0.6 is 0 Å². The van der Waals surface area contributed by atoms with E-state index in [1.807, 2.05) is 0 Å². The minimum atomic E-state index is -0.274. The largest absolute Gasteiger partial charge is 0.458 e. The van der Waals surface area contributed by atoms with Crippen LogP contribution in [0.5, 0.6) is 0 Å². The molecule has 1 N–H and O–H groups in total. The molecular weight excluding hydrogens is 228 g/mol. The van der Waals surface area contributed by atoms with Gasteiger partial charge in [0, 0.05) is 18.1 Å².